The first-order valence-corrected chi connectivity index (χ1v) is 19.3. The molecule has 0 unspecified atom stereocenters. The number of aryl methyl sites for hydroxylation is 1. The normalized spacial score (nSPS) is 10.9. The quantitative estimate of drug-likeness (QED) is 0.0867. The number of ketones is 1. The molecule has 58 heavy (non-hydrogen) atoms. The van der Waals surface area contributed by atoms with Crippen molar-refractivity contribution < 1.29 is 28.7 Å². The number of nitrogens with zero attached hydrogens (tertiary/aromatic N) is 1. The molecule has 0 atom stereocenters. The van der Waals surface area contributed by atoms with Crippen LogP contribution in [0.3, 0.4) is 0 Å². The molecule has 0 saturated heterocycles. The van der Waals surface area contributed by atoms with E-state index in [-0.39, 0.29) is 17.8 Å². The van der Waals surface area contributed by atoms with Gasteiger partial charge in [0.05, 0.1) is 10.0 Å². The lowest BCUT2D eigenvalue weighted by Gasteiger charge is -2.19. The molecule has 1 aliphatic rings. The van der Waals surface area contributed by atoms with Crippen molar-refractivity contribution in [2.24, 2.45) is 0 Å². The molecule has 0 radical (unpaired) electrons. The molecule has 1 aliphatic heterocycles. The maximum Gasteiger partial charge on any atom is 0.325 e. The van der Waals surface area contributed by atoms with Crippen LogP contribution in [-0.2, 0) is 0 Å². The van der Waals surface area contributed by atoms with Crippen LogP contribution in [0.5, 0.6) is 11.5 Å². The van der Waals surface area contributed by atoms with Crippen molar-refractivity contribution in [2.45, 2.75) is 13.8 Å². The molecule has 0 fully saturated rings. The number of benzene rings is 5. The zero-order valence-electron chi connectivity index (χ0n) is 30.9. The van der Waals surface area contributed by atoms with Crippen LogP contribution in [0, 0.1) is 6.92 Å². The van der Waals surface area contributed by atoms with E-state index >= 15 is 0 Å². The van der Waals surface area contributed by atoms with E-state index in [4.69, 9.17) is 44.3 Å². The van der Waals surface area contributed by atoms with Crippen LogP contribution in [0.1, 0.15) is 22.8 Å². The number of carbonyl (C=O) groups is 4. The van der Waals surface area contributed by atoms with Gasteiger partial charge in [-0.05, 0) is 105 Å². The Morgan fingerprint density at radius 1 is 0.569 bits per heavy atom. The number of thiazole rings is 1. The number of nitrogens with one attached hydrogen (secondary N) is 6. The maximum atomic E-state index is 11.9. The first kappa shape index (κ1) is 42.8. The fourth-order valence-electron chi connectivity index (χ4n) is 4.78. The first-order chi connectivity index (χ1) is 27.9. The molecule has 298 valence electrons. The van der Waals surface area contributed by atoms with E-state index in [2.05, 4.69) is 36.9 Å². The van der Waals surface area contributed by atoms with Gasteiger partial charge in [-0.1, -0.05) is 52.5 Å². The third kappa shape index (κ3) is 14.0. The molecule has 0 saturated carbocycles. The number of rotatable bonds is 7. The summed E-state index contributed by atoms with van der Waals surface area (Å²) < 4.78 is 10.9. The number of Topliss-reactive ketones (excluding diaryl/α,β-unsaturated/α-hetero) is 1. The van der Waals surface area contributed by atoms with E-state index in [1.54, 1.807) is 91.1 Å². The standard InChI is InChI=1S/C15H12Cl2N2O2.C15H13ClN2O3.C11H11N3OS/c1-9(20)10-2-4-11(5-3-10)18-15(21)19-12-6-7-13(16)14(17)8-12;16-10-1-3-11(4-2-10)17-15(19)18-12-5-6-13-14(9-12)21-8-7-20-13;1-8-2-4-9(5-3-8)13-10(15)14-11-12-6-7-16-11/h2-8H,1H3,(H2,18,19,21);1-6,9H,7-8H2,(H2,17,18,19);2-7H,1H3,(H2,12,13,14,15). The monoisotopic (exact) mass is 859 g/mol. The number of halogens is 3. The summed E-state index contributed by atoms with van der Waals surface area (Å²) in [7, 11) is 0. The fourth-order valence-corrected chi connectivity index (χ4v) is 5.73. The predicted octanol–water partition coefficient (Wildman–Crippen LogP) is 11.7. The van der Waals surface area contributed by atoms with Gasteiger partial charge in [0, 0.05) is 56.7 Å². The Hall–Kier alpha value is -6.32. The number of urea groups is 3. The van der Waals surface area contributed by atoms with Crippen LogP contribution in [0.15, 0.2) is 121 Å². The highest BCUT2D eigenvalue weighted by Gasteiger charge is 2.13. The molecule has 6 aromatic rings. The second-order valence-corrected chi connectivity index (χ2v) is 14.2. The molecular formula is C41H36Cl3N7O6S. The van der Waals surface area contributed by atoms with E-state index in [0.717, 1.165) is 11.3 Å². The Bertz CT molecular complexity index is 2330. The molecule has 17 heteroatoms. The largest absolute Gasteiger partial charge is 0.486 e. The third-order valence-electron chi connectivity index (χ3n) is 7.59. The predicted molar refractivity (Wildman–Crippen MR) is 233 cm³/mol. The van der Waals surface area contributed by atoms with Gasteiger partial charge in [0.25, 0.3) is 0 Å². The van der Waals surface area contributed by atoms with Gasteiger partial charge < -0.3 is 36.1 Å². The Balaban J connectivity index is 0.000000168. The molecule has 6 N–H and O–H groups in total. The number of hydrogen-bond acceptors (Lipinski definition) is 8. The summed E-state index contributed by atoms with van der Waals surface area (Å²) in [5.41, 5.74) is 4.91. The number of anilines is 6. The van der Waals surface area contributed by atoms with Crippen molar-refractivity contribution in [3.63, 3.8) is 0 Å². The van der Waals surface area contributed by atoms with Gasteiger partial charge in [0.2, 0.25) is 0 Å². The summed E-state index contributed by atoms with van der Waals surface area (Å²) in [5, 5.41) is 19.9. The average Bonchev–Trinajstić information content (AvgIpc) is 3.72. The number of hydrogen-bond donors (Lipinski definition) is 6. The van der Waals surface area contributed by atoms with E-state index < -0.39 is 6.03 Å². The van der Waals surface area contributed by atoms with E-state index in [9.17, 15) is 19.2 Å². The van der Waals surface area contributed by atoms with Crippen LogP contribution >= 0.6 is 46.1 Å². The second kappa shape index (κ2) is 21.3. The van der Waals surface area contributed by atoms with Gasteiger partial charge in [0.1, 0.15) is 13.2 Å². The van der Waals surface area contributed by atoms with Crippen LogP contribution in [0.4, 0.5) is 48.0 Å². The number of aromatic nitrogens is 1. The number of fused-ring (bicyclic) bond motifs is 1. The van der Waals surface area contributed by atoms with Crippen molar-refractivity contribution in [1.29, 1.82) is 0 Å². The summed E-state index contributed by atoms with van der Waals surface area (Å²) in [5.74, 6) is 1.29. The number of ether oxygens (including phenoxy) is 2. The Morgan fingerprint density at radius 2 is 1.05 bits per heavy atom. The highest BCUT2D eigenvalue weighted by atomic mass is 35.5. The average molecular weight is 861 g/mol. The van der Waals surface area contributed by atoms with Gasteiger partial charge in [-0.25, -0.2) is 19.4 Å². The summed E-state index contributed by atoms with van der Waals surface area (Å²) in [6.07, 6.45) is 1.64. The molecule has 7 rings (SSSR count). The molecular weight excluding hydrogens is 825 g/mol. The summed E-state index contributed by atoms with van der Waals surface area (Å²) in [6, 6.07) is 30.1. The highest BCUT2D eigenvalue weighted by Crippen LogP contribution is 2.32. The topological polar surface area (TPSA) is 172 Å². The van der Waals surface area contributed by atoms with Crippen LogP contribution < -0.4 is 41.4 Å². The lowest BCUT2D eigenvalue weighted by Crippen LogP contribution is -2.20. The Morgan fingerprint density at radius 3 is 1.60 bits per heavy atom. The zero-order valence-corrected chi connectivity index (χ0v) is 34.0. The van der Waals surface area contributed by atoms with Crippen molar-refractivity contribution in [1.82, 2.24) is 4.98 Å². The van der Waals surface area contributed by atoms with Gasteiger partial charge >= 0.3 is 18.1 Å². The van der Waals surface area contributed by atoms with Crippen LogP contribution in [0.2, 0.25) is 15.1 Å². The minimum Gasteiger partial charge on any atom is -0.486 e. The molecule has 0 bridgehead atoms. The van der Waals surface area contributed by atoms with Gasteiger partial charge in [0.15, 0.2) is 22.4 Å². The minimum atomic E-state index is -0.413. The van der Waals surface area contributed by atoms with Gasteiger partial charge in [-0.3, -0.25) is 10.1 Å². The fraction of sp³-hybridized carbons (Fsp3) is 0.0976. The molecule has 1 aromatic heterocycles. The Labute approximate surface area is 353 Å². The smallest absolute Gasteiger partial charge is 0.325 e. The number of amides is 6. The number of carbonyl (C=O) groups excluding carboxylic acids is 4. The summed E-state index contributed by atoms with van der Waals surface area (Å²) >= 11 is 18.8. The zero-order chi connectivity index (χ0) is 41.4. The van der Waals surface area contributed by atoms with Crippen molar-refractivity contribution in [2.75, 3.05) is 45.1 Å². The van der Waals surface area contributed by atoms with Crippen molar-refractivity contribution in [3.05, 3.63) is 147 Å². The second-order valence-electron chi connectivity index (χ2n) is 12.1. The SMILES string of the molecule is CC(=O)c1ccc(NC(=O)Nc2ccc(Cl)c(Cl)c2)cc1.Cc1ccc(NC(=O)Nc2nccs2)cc1.O=C(Nc1ccc(Cl)cc1)Nc1ccc2c(c1)OCCO2. The summed E-state index contributed by atoms with van der Waals surface area (Å²) in [4.78, 5) is 50.4. The lowest BCUT2D eigenvalue weighted by atomic mass is 10.1. The van der Waals surface area contributed by atoms with Crippen LogP contribution in [0.25, 0.3) is 0 Å². The molecule has 13 nitrogen and oxygen atoms in total. The maximum absolute atomic E-state index is 11.9. The minimum absolute atomic E-state index is 0.0261. The molecule has 2 heterocycles. The molecule has 6 amide bonds. The highest BCUT2D eigenvalue weighted by molar-refractivity contribution is 7.13. The van der Waals surface area contributed by atoms with Crippen molar-refractivity contribution in [3.8, 4) is 11.5 Å². The first-order valence-electron chi connectivity index (χ1n) is 17.3. The van der Waals surface area contributed by atoms with E-state index in [1.807, 2.05) is 36.6 Å². The third-order valence-corrected chi connectivity index (χ3v) is 9.27. The molecule has 5 aromatic carbocycles. The molecule has 0 spiro atoms. The van der Waals surface area contributed by atoms with E-state index in [0.29, 0.717) is 73.2 Å². The van der Waals surface area contributed by atoms with Crippen molar-refractivity contribution >= 4 is 104 Å². The Kier molecular flexibility index (Phi) is 15.7. The summed E-state index contributed by atoms with van der Waals surface area (Å²) in [6.45, 7) is 4.53. The van der Waals surface area contributed by atoms with Gasteiger partial charge in [-0.2, -0.15) is 0 Å². The van der Waals surface area contributed by atoms with Crippen LogP contribution in [-0.4, -0.2) is 42.1 Å². The van der Waals surface area contributed by atoms with E-state index in [1.165, 1.54) is 18.3 Å². The molecule has 0 aliphatic carbocycles. The van der Waals surface area contributed by atoms with Gasteiger partial charge in [-0.15, -0.1) is 11.3 Å². The lowest BCUT2D eigenvalue weighted by molar-refractivity contribution is 0.101.